The van der Waals surface area contributed by atoms with Gasteiger partial charge in [0, 0.05) is 24.9 Å². The number of aromatic nitrogens is 2. The highest BCUT2D eigenvalue weighted by atomic mass is 35.5. The van der Waals surface area contributed by atoms with E-state index in [1.54, 1.807) is 6.20 Å². The van der Waals surface area contributed by atoms with Gasteiger partial charge < -0.3 is 4.98 Å². The fourth-order valence-electron chi connectivity index (χ4n) is 1.50. The SMILES string of the molecule is O=S(=O)(NCCc1cnc[nH]1)c1cc(F)ccc1Cl. The zero-order valence-electron chi connectivity index (χ0n) is 9.73. The molecule has 0 atom stereocenters. The number of rotatable bonds is 5. The number of aromatic amines is 1. The summed E-state index contributed by atoms with van der Waals surface area (Å²) in [6.45, 7) is 0.164. The fraction of sp³-hybridized carbons (Fsp3) is 0.182. The van der Waals surface area contributed by atoms with E-state index in [9.17, 15) is 12.8 Å². The van der Waals surface area contributed by atoms with Crippen LogP contribution in [-0.4, -0.2) is 24.9 Å². The third kappa shape index (κ3) is 3.52. The van der Waals surface area contributed by atoms with E-state index >= 15 is 0 Å². The molecule has 1 aromatic carbocycles. The molecule has 102 valence electrons. The molecule has 0 saturated heterocycles. The van der Waals surface area contributed by atoms with E-state index in [4.69, 9.17) is 11.6 Å². The summed E-state index contributed by atoms with van der Waals surface area (Å²) in [4.78, 5) is 6.40. The second-order valence-corrected chi connectivity index (χ2v) is 5.94. The van der Waals surface area contributed by atoms with E-state index in [1.807, 2.05) is 0 Å². The highest BCUT2D eigenvalue weighted by molar-refractivity contribution is 7.89. The monoisotopic (exact) mass is 303 g/mol. The van der Waals surface area contributed by atoms with Gasteiger partial charge in [0.05, 0.1) is 11.3 Å². The van der Waals surface area contributed by atoms with Crippen LogP contribution < -0.4 is 4.72 Å². The predicted octanol–water partition coefficient (Wildman–Crippen LogP) is 1.72. The van der Waals surface area contributed by atoms with Gasteiger partial charge in [-0.25, -0.2) is 22.5 Å². The molecule has 1 heterocycles. The summed E-state index contributed by atoms with van der Waals surface area (Å²) in [7, 11) is -3.82. The number of hydrogen-bond donors (Lipinski definition) is 2. The highest BCUT2D eigenvalue weighted by Crippen LogP contribution is 2.21. The molecule has 0 aliphatic heterocycles. The lowest BCUT2D eigenvalue weighted by Crippen LogP contribution is -2.26. The first-order valence-corrected chi connectivity index (χ1v) is 7.27. The number of H-pyrrole nitrogens is 1. The van der Waals surface area contributed by atoms with Crippen molar-refractivity contribution in [2.24, 2.45) is 0 Å². The molecule has 0 aliphatic rings. The van der Waals surface area contributed by atoms with E-state index < -0.39 is 15.8 Å². The summed E-state index contributed by atoms with van der Waals surface area (Å²) in [6.07, 6.45) is 3.56. The van der Waals surface area contributed by atoms with E-state index in [0.717, 1.165) is 17.8 Å². The van der Waals surface area contributed by atoms with Gasteiger partial charge in [0.25, 0.3) is 0 Å². The average Bonchev–Trinajstić information content (AvgIpc) is 2.85. The Morgan fingerprint density at radius 3 is 2.89 bits per heavy atom. The first kappa shape index (κ1) is 14.0. The van der Waals surface area contributed by atoms with Gasteiger partial charge in [-0.2, -0.15) is 0 Å². The number of nitrogens with one attached hydrogen (secondary N) is 2. The number of sulfonamides is 1. The summed E-state index contributed by atoms with van der Waals surface area (Å²) in [5.74, 6) is -0.654. The minimum atomic E-state index is -3.82. The summed E-state index contributed by atoms with van der Waals surface area (Å²) >= 11 is 5.76. The van der Waals surface area contributed by atoms with E-state index in [0.29, 0.717) is 6.42 Å². The van der Waals surface area contributed by atoms with Crippen LogP contribution in [0.3, 0.4) is 0 Å². The lowest BCUT2D eigenvalue weighted by Gasteiger charge is -2.07. The summed E-state index contributed by atoms with van der Waals surface area (Å²) < 4.78 is 39.3. The summed E-state index contributed by atoms with van der Waals surface area (Å²) in [6, 6.07) is 3.20. The van der Waals surface area contributed by atoms with Gasteiger partial charge in [-0.1, -0.05) is 11.6 Å². The molecule has 2 rings (SSSR count). The van der Waals surface area contributed by atoms with E-state index in [2.05, 4.69) is 14.7 Å². The molecular weight excluding hydrogens is 293 g/mol. The maximum Gasteiger partial charge on any atom is 0.242 e. The fourth-order valence-corrected chi connectivity index (χ4v) is 3.04. The minimum Gasteiger partial charge on any atom is -0.348 e. The molecule has 0 radical (unpaired) electrons. The first-order chi connectivity index (χ1) is 8.99. The topological polar surface area (TPSA) is 74.8 Å². The normalized spacial score (nSPS) is 11.7. The molecule has 8 heteroatoms. The average molecular weight is 304 g/mol. The quantitative estimate of drug-likeness (QED) is 0.883. The largest absolute Gasteiger partial charge is 0.348 e. The van der Waals surface area contributed by atoms with Gasteiger partial charge in [0.1, 0.15) is 10.7 Å². The Hall–Kier alpha value is -1.44. The first-order valence-electron chi connectivity index (χ1n) is 5.41. The third-order valence-electron chi connectivity index (χ3n) is 2.42. The van der Waals surface area contributed by atoms with Crippen LogP contribution in [0.5, 0.6) is 0 Å². The van der Waals surface area contributed by atoms with E-state index in [-0.39, 0.29) is 16.5 Å². The van der Waals surface area contributed by atoms with Crippen LogP contribution in [0.1, 0.15) is 5.69 Å². The molecule has 5 nitrogen and oxygen atoms in total. The van der Waals surface area contributed by atoms with Crippen molar-refractivity contribution in [1.29, 1.82) is 0 Å². The maximum atomic E-state index is 13.1. The van der Waals surface area contributed by atoms with Crippen LogP contribution >= 0.6 is 11.6 Å². The Labute approximate surface area is 114 Å². The minimum absolute atomic E-state index is 0.0181. The predicted molar refractivity (Wildman–Crippen MR) is 68.9 cm³/mol. The Kier molecular flexibility index (Phi) is 4.18. The van der Waals surface area contributed by atoms with Gasteiger partial charge in [-0.05, 0) is 18.2 Å². The molecule has 0 unspecified atom stereocenters. The molecule has 0 amide bonds. The number of nitrogens with zero attached hydrogens (tertiary/aromatic N) is 1. The third-order valence-corrected chi connectivity index (χ3v) is 4.37. The lowest BCUT2D eigenvalue weighted by atomic mass is 10.3. The van der Waals surface area contributed by atoms with Crippen LogP contribution in [0.2, 0.25) is 5.02 Å². The Morgan fingerprint density at radius 2 is 2.21 bits per heavy atom. The van der Waals surface area contributed by atoms with Crippen LogP contribution in [-0.2, 0) is 16.4 Å². The Morgan fingerprint density at radius 1 is 1.42 bits per heavy atom. The van der Waals surface area contributed by atoms with Crippen LogP contribution in [0.25, 0.3) is 0 Å². The standard InChI is InChI=1S/C11H11ClFN3O2S/c12-10-2-1-8(13)5-11(10)19(17,18)16-4-3-9-6-14-7-15-9/h1-2,5-7,16H,3-4H2,(H,14,15). The summed E-state index contributed by atoms with van der Waals surface area (Å²) in [5, 5.41) is -0.0181. The molecule has 0 saturated carbocycles. The van der Waals surface area contributed by atoms with Crippen LogP contribution in [0, 0.1) is 5.82 Å². The molecule has 2 N–H and O–H groups in total. The number of imidazole rings is 1. The number of benzene rings is 1. The smallest absolute Gasteiger partial charge is 0.242 e. The van der Waals surface area contributed by atoms with Crippen LogP contribution in [0.15, 0.2) is 35.6 Å². The van der Waals surface area contributed by atoms with Crippen molar-refractivity contribution in [2.75, 3.05) is 6.54 Å². The van der Waals surface area contributed by atoms with Crippen molar-refractivity contribution in [1.82, 2.24) is 14.7 Å². The molecule has 0 bridgehead atoms. The van der Waals surface area contributed by atoms with Crippen molar-refractivity contribution in [3.05, 3.63) is 47.3 Å². The second-order valence-electron chi connectivity index (χ2n) is 3.80. The van der Waals surface area contributed by atoms with Crippen molar-refractivity contribution in [2.45, 2.75) is 11.3 Å². The zero-order chi connectivity index (χ0) is 13.9. The van der Waals surface area contributed by atoms with Gasteiger partial charge in [0.15, 0.2) is 0 Å². The summed E-state index contributed by atoms with van der Waals surface area (Å²) in [5.41, 5.74) is 0.799. The number of hydrogen-bond acceptors (Lipinski definition) is 3. The Balaban J connectivity index is 2.07. The highest BCUT2D eigenvalue weighted by Gasteiger charge is 2.18. The van der Waals surface area contributed by atoms with Gasteiger partial charge in [-0.3, -0.25) is 0 Å². The maximum absolute atomic E-state index is 13.1. The molecule has 0 spiro atoms. The number of halogens is 2. The molecule has 2 aromatic rings. The molecular formula is C11H11ClFN3O2S. The Bertz CT molecular complexity index is 659. The molecule has 0 fully saturated rings. The van der Waals surface area contributed by atoms with Crippen molar-refractivity contribution in [3.8, 4) is 0 Å². The second kappa shape index (κ2) is 5.68. The van der Waals surface area contributed by atoms with Crippen molar-refractivity contribution < 1.29 is 12.8 Å². The zero-order valence-corrected chi connectivity index (χ0v) is 11.3. The van der Waals surface area contributed by atoms with Crippen molar-refractivity contribution >= 4 is 21.6 Å². The van der Waals surface area contributed by atoms with E-state index in [1.165, 1.54) is 12.4 Å². The molecule has 19 heavy (non-hydrogen) atoms. The van der Waals surface area contributed by atoms with Gasteiger partial charge >= 0.3 is 0 Å². The molecule has 1 aromatic heterocycles. The van der Waals surface area contributed by atoms with Crippen LogP contribution in [0.4, 0.5) is 4.39 Å². The van der Waals surface area contributed by atoms with Gasteiger partial charge in [0.2, 0.25) is 10.0 Å². The molecule has 0 aliphatic carbocycles. The van der Waals surface area contributed by atoms with Gasteiger partial charge in [-0.15, -0.1) is 0 Å². The lowest BCUT2D eigenvalue weighted by molar-refractivity contribution is 0.577. The van der Waals surface area contributed by atoms with Crippen molar-refractivity contribution in [3.63, 3.8) is 0 Å².